The van der Waals surface area contributed by atoms with Crippen LogP contribution >= 0.6 is 22.9 Å². The Balaban J connectivity index is 1.51. The molecule has 12 heteroatoms. The van der Waals surface area contributed by atoms with E-state index < -0.39 is 23.6 Å². The lowest BCUT2D eigenvalue weighted by Crippen LogP contribution is -2.43. The number of carboxylic acid groups (broad SMARTS) is 1. The van der Waals surface area contributed by atoms with Crippen LogP contribution in [0.5, 0.6) is 5.75 Å². The zero-order valence-electron chi connectivity index (χ0n) is 22.1. The van der Waals surface area contributed by atoms with Crippen LogP contribution in [0.4, 0.5) is 13.6 Å². The van der Waals surface area contributed by atoms with Crippen molar-refractivity contribution in [2.24, 2.45) is 5.92 Å². The summed E-state index contributed by atoms with van der Waals surface area (Å²) < 4.78 is 34.8. The third kappa shape index (κ3) is 6.11. The lowest BCUT2D eigenvalue weighted by atomic mass is 9.85. The van der Waals surface area contributed by atoms with Crippen LogP contribution in [0.25, 0.3) is 21.2 Å². The summed E-state index contributed by atoms with van der Waals surface area (Å²) in [6.45, 7) is 0.494. The number of benzene rings is 2. The summed E-state index contributed by atoms with van der Waals surface area (Å²) in [5, 5.41) is 11.2. The van der Waals surface area contributed by atoms with Crippen LogP contribution in [0.15, 0.2) is 49.1 Å². The van der Waals surface area contributed by atoms with Crippen LogP contribution in [0, 0.1) is 17.6 Å². The molecule has 0 aliphatic heterocycles. The van der Waals surface area contributed by atoms with Crippen molar-refractivity contribution in [3.8, 4) is 16.9 Å². The highest BCUT2D eigenvalue weighted by Crippen LogP contribution is 2.41. The Morgan fingerprint density at radius 3 is 2.46 bits per heavy atom. The van der Waals surface area contributed by atoms with Crippen LogP contribution in [0.3, 0.4) is 0 Å². The molecule has 0 spiro atoms. The van der Waals surface area contributed by atoms with Gasteiger partial charge in [0.15, 0.2) is 0 Å². The van der Waals surface area contributed by atoms with Crippen molar-refractivity contribution in [3.05, 3.63) is 76.2 Å². The average molecular weight is 601 g/mol. The summed E-state index contributed by atoms with van der Waals surface area (Å²) in [6.07, 6.45) is 6.40. The van der Waals surface area contributed by atoms with E-state index >= 15 is 0 Å². The van der Waals surface area contributed by atoms with Crippen molar-refractivity contribution in [1.82, 2.24) is 20.2 Å². The van der Waals surface area contributed by atoms with Crippen molar-refractivity contribution < 1.29 is 28.2 Å². The molecule has 2 aromatic carbocycles. The molecule has 0 unspecified atom stereocenters. The van der Waals surface area contributed by atoms with Crippen molar-refractivity contribution in [2.75, 3.05) is 13.7 Å². The van der Waals surface area contributed by atoms with Gasteiger partial charge in [-0.15, -0.1) is 11.3 Å². The van der Waals surface area contributed by atoms with Gasteiger partial charge < -0.3 is 20.1 Å². The Morgan fingerprint density at radius 2 is 1.80 bits per heavy atom. The number of carbonyl (C=O) groups is 2. The highest BCUT2D eigenvalue weighted by Gasteiger charge is 2.33. The molecule has 8 nitrogen and oxygen atoms in total. The second-order valence-corrected chi connectivity index (χ2v) is 11.3. The summed E-state index contributed by atoms with van der Waals surface area (Å²) in [7, 11) is 1.55. The van der Waals surface area contributed by atoms with E-state index in [9.17, 15) is 18.4 Å². The predicted molar refractivity (Wildman–Crippen MR) is 152 cm³/mol. The van der Waals surface area contributed by atoms with E-state index in [2.05, 4.69) is 15.3 Å². The van der Waals surface area contributed by atoms with Gasteiger partial charge in [0.2, 0.25) is 0 Å². The van der Waals surface area contributed by atoms with E-state index in [-0.39, 0.29) is 38.5 Å². The van der Waals surface area contributed by atoms with E-state index in [4.69, 9.17) is 21.4 Å². The first-order valence-electron chi connectivity index (χ1n) is 13.0. The SMILES string of the molecule is COc1ccc(-c2cncnc2)cc1CN(C(=O)c1sc2c(F)ccc(F)c2c1Cl)C1CCC(CNC(=O)O)CC1. The average Bonchev–Trinajstić information content (AvgIpc) is 3.35. The van der Waals surface area contributed by atoms with Crippen LogP contribution in [-0.2, 0) is 6.54 Å². The lowest BCUT2D eigenvalue weighted by molar-refractivity contribution is 0.0592. The molecule has 2 aromatic heterocycles. The first kappa shape index (κ1) is 28.7. The number of nitrogens with zero attached hydrogens (tertiary/aromatic N) is 3. The molecule has 1 saturated carbocycles. The molecule has 0 radical (unpaired) electrons. The Labute approximate surface area is 243 Å². The summed E-state index contributed by atoms with van der Waals surface area (Å²) in [5.41, 5.74) is 2.35. The van der Waals surface area contributed by atoms with Gasteiger partial charge in [0.25, 0.3) is 5.91 Å². The molecule has 214 valence electrons. The van der Waals surface area contributed by atoms with E-state index in [0.29, 0.717) is 38.0 Å². The molecule has 1 aliphatic carbocycles. The number of thiophene rings is 1. The number of halogens is 3. The fourth-order valence-corrected chi connectivity index (χ4v) is 6.84. The van der Waals surface area contributed by atoms with Crippen LogP contribution in [-0.4, -0.2) is 51.7 Å². The van der Waals surface area contributed by atoms with Crippen molar-refractivity contribution >= 4 is 45.0 Å². The minimum atomic E-state index is -1.07. The molecule has 1 fully saturated rings. The smallest absolute Gasteiger partial charge is 0.404 e. The number of ether oxygens (including phenoxy) is 1. The van der Waals surface area contributed by atoms with Crippen LogP contribution in [0.2, 0.25) is 5.02 Å². The van der Waals surface area contributed by atoms with Gasteiger partial charge in [0.1, 0.15) is 28.6 Å². The minimum Gasteiger partial charge on any atom is -0.496 e. The minimum absolute atomic E-state index is 0.00888. The quantitative estimate of drug-likeness (QED) is 0.231. The second-order valence-electron chi connectivity index (χ2n) is 9.93. The third-order valence-corrected chi connectivity index (χ3v) is 9.13. The van der Waals surface area contributed by atoms with Gasteiger partial charge in [0, 0.05) is 42.7 Å². The Hall–Kier alpha value is -3.83. The zero-order valence-corrected chi connectivity index (χ0v) is 23.6. The van der Waals surface area contributed by atoms with Gasteiger partial charge in [-0.05, 0) is 61.4 Å². The maximum atomic E-state index is 14.6. The van der Waals surface area contributed by atoms with Gasteiger partial charge >= 0.3 is 6.09 Å². The number of aromatic nitrogens is 2. The number of carbonyl (C=O) groups excluding carboxylic acids is 1. The van der Waals surface area contributed by atoms with Crippen LogP contribution in [0.1, 0.15) is 40.9 Å². The van der Waals surface area contributed by atoms with Gasteiger partial charge in [-0.2, -0.15) is 0 Å². The van der Waals surface area contributed by atoms with E-state index in [1.165, 1.54) is 6.33 Å². The Morgan fingerprint density at radius 1 is 1.10 bits per heavy atom. The molecule has 2 amide bonds. The molecule has 41 heavy (non-hydrogen) atoms. The first-order valence-corrected chi connectivity index (χ1v) is 14.2. The monoisotopic (exact) mass is 600 g/mol. The van der Waals surface area contributed by atoms with E-state index in [1.807, 2.05) is 18.2 Å². The summed E-state index contributed by atoms with van der Waals surface area (Å²) in [4.78, 5) is 35.1. The lowest BCUT2D eigenvalue weighted by Gasteiger charge is -2.37. The summed E-state index contributed by atoms with van der Waals surface area (Å²) in [6, 6.07) is 7.40. The molecule has 0 atom stereocenters. The first-order chi connectivity index (χ1) is 19.8. The summed E-state index contributed by atoms with van der Waals surface area (Å²) >= 11 is 7.36. The Kier molecular flexibility index (Phi) is 8.65. The molecule has 2 heterocycles. The predicted octanol–water partition coefficient (Wildman–Crippen LogP) is 6.77. The molecule has 2 N–H and O–H groups in total. The standard InChI is InChI=1S/C29H27ClF2N4O4S/c1-40-23-9-4-17(19-12-33-15-34-13-19)10-18(23)14-36(20-5-2-16(3-6-20)11-35-29(38)39)28(37)27-25(30)24-21(31)7-8-22(32)26(24)41-27/h4,7-10,12-13,15-16,20,35H,2-3,5-6,11,14H2,1H3,(H,38,39). The van der Waals surface area contributed by atoms with Crippen LogP contribution < -0.4 is 10.1 Å². The number of hydrogen-bond acceptors (Lipinski definition) is 6. The fourth-order valence-electron chi connectivity index (χ4n) is 5.34. The number of hydrogen-bond donors (Lipinski definition) is 2. The highest BCUT2D eigenvalue weighted by atomic mass is 35.5. The molecule has 1 aliphatic rings. The molecule has 5 rings (SSSR count). The van der Waals surface area contributed by atoms with Gasteiger partial charge in [-0.3, -0.25) is 4.79 Å². The zero-order chi connectivity index (χ0) is 29.1. The molecule has 0 saturated heterocycles. The van der Waals surface area contributed by atoms with Gasteiger partial charge in [-0.25, -0.2) is 23.5 Å². The Bertz CT molecular complexity index is 1580. The normalized spacial score (nSPS) is 16.9. The number of nitrogens with one attached hydrogen (secondary N) is 1. The second kappa shape index (κ2) is 12.4. The van der Waals surface area contributed by atoms with E-state index in [0.717, 1.165) is 40.2 Å². The maximum Gasteiger partial charge on any atom is 0.404 e. The number of amides is 2. The summed E-state index contributed by atoms with van der Waals surface area (Å²) in [5.74, 6) is -1.06. The highest BCUT2D eigenvalue weighted by molar-refractivity contribution is 7.21. The topological polar surface area (TPSA) is 105 Å². The number of methoxy groups -OCH3 is 1. The molecular weight excluding hydrogens is 574 g/mol. The maximum absolute atomic E-state index is 14.6. The van der Waals surface area contributed by atoms with Crippen molar-refractivity contribution in [2.45, 2.75) is 38.3 Å². The molecular formula is C29H27ClF2N4O4S. The molecule has 0 bridgehead atoms. The third-order valence-electron chi connectivity index (χ3n) is 7.45. The van der Waals surface area contributed by atoms with Crippen molar-refractivity contribution in [1.29, 1.82) is 0 Å². The largest absolute Gasteiger partial charge is 0.496 e. The van der Waals surface area contributed by atoms with Gasteiger partial charge in [0.05, 0.1) is 22.2 Å². The van der Waals surface area contributed by atoms with Crippen molar-refractivity contribution in [3.63, 3.8) is 0 Å². The number of fused-ring (bicyclic) bond motifs is 1. The fraction of sp³-hybridized carbons (Fsp3) is 0.310. The van der Waals surface area contributed by atoms with Gasteiger partial charge in [-0.1, -0.05) is 17.7 Å². The van der Waals surface area contributed by atoms with E-state index in [1.54, 1.807) is 24.4 Å². The number of rotatable bonds is 8. The molecule has 4 aromatic rings.